The van der Waals surface area contributed by atoms with Gasteiger partial charge in [-0.05, 0) is 35.9 Å². The van der Waals surface area contributed by atoms with Gasteiger partial charge in [0.25, 0.3) is 5.56 Å². The van der Waals surface area contributed by atoms with E-state index in [0.717, 1.165) is 17.6 Å². The van der Waals surface area contributed by atoms with Crippen molar-refractivity contribution in [3.8, 4) is 17.2 Å². The van der Waals surface area contributed by atoms with E-state index in [2.05, 4.69) is 0 Å². The quantitative estimate of drug-likeness (QED) is 0.649. The molecule has 2 aromatic carbocycles. The van der Waals surface area contributed by atoms with Gasteiger partial charge >= 0.3 is 0 Å². The lowest BCUT2D eigenvalue weighted by atomic mass is 10.2. The first kappa shape index (κ1) is 16.5. The van der Waals surface area contributed by atoms with E-state index in [1.54, 1.807) is 43.6 Å². The average Bonchev–Trinajstić information content (AvgIpc) is 2.67. The van der Waals surface area contributed by atoms with E-state index in [0.29, 0.717) is 23.6 Å². The van der Waals surface area contributed by atoms with Gasteiger partial charge in [0.1, 0.15) is 18.1 Å². The van der Waals surface area contributed by atoms with E-state index in [1.165, 1.54) is 10.6 Å². The lowest BCUT2D eigenvalue weighted by Crippen LogP contribution is -2.15. The van der Waals surface area contributed by atoms with Crippen molar-refractivity contribution in [3.05, 3.63) is 88.3 Å². The fourth-order valence-electron chi connectivity index (χ4n) is 2.42. The maximum absolute atomic E-state index is 12.0. The normalized spacial score (nSPS) is 10.3. The van der Waals surface area contributed by atoms with Crippen molar-refractivity contribution in [2.45, 2.75) is 6.61 Å². The molecule has 1 aromatic heterocycles. The summed E-state index contributed by atoms with van der Waals surface area (Å²) in [7, 11) is 1.61. The number of carbonyl (C=O) groups excluding carboxylic acids is 1. The second-order valence-electron chi connectivity index (χ2n) is 5.39. The van der Waals surface area contributed by atoms with Gasteiger partial charge in [-0.1, -0.05) is 18.2 Å². The second kappa shape index (κ2) is 7.49. The maximum Gasteiger partial charge on any atom is 0.255 e. The molecule has 0 amide bonds. The van der Waals surface area contributed by atoms with Crippen LogP contribution >= 0.6 is 0 Å². The predicted molar refractivity (Wildman–Crippen MR) is 94.8 cm³/mol. The Bertz CT molecular complexity index is 929. The molecule has 5 heteroatoms. The SMILES string of the molecule is COc1ccc(COc2cc(-n3ccccc3=O)ccc2C=O)cc1. The second-order valence-corrected chi connectivity index (χ2v) is 5.39. The van der Waals surface area contributed by atoms with Gasteiger partial charge in [0.05, 0.1) is 18.4 Å². The van der Waals surface area contributed by atoms with Crippen LogP contribution in [-0.4, -0.2) is 18.0 Å². The lowest BCUT2D eigenvalue weighted by Gasteiger charge is -2.12. The van der Waals surface area contributed by atoms with Gasteiger partial charge in [-0.3, -0.25) is 14.2 Å². The Morgan fingerprint density at radius 2 is 1.84 bits per heavy atom. The monoisotopic (exact) mass is 335 g/mol. The van der Waals surface area contributed by atoms with Crippen LogP contribution < -0.4 is 15.0 Å². The summed E-state index contributed by atoms with van der Waals surface area (Å²) in [4.78, 5) is 23.2. The van der Waals surface area contributed by atoms with Crippen LogP contribution in [0, 0.1) is 0 Å². The molecule has 0 bridgehead atoms. The first-order chi connectivity index (χ1) is 12.2. The highest BCUT2D eigenvalue weighted by atomic mass is 16.5. The molecular weight excluding hydrogens is 318 g/mol. The molecule has 0 aliphatic rings. The molecule has 0 N–H and O–H groups in total. The van der Waals surface area contributed by atoms with Crippen molar-refractivity contribution >= 4 is 6.29 Å². The molecule has 126 valence electrons. The summed E-state index contributed by atoms with van der Waals surface area (Å²) in [5, 5.41) is 0. The number of hydrogen-bond donors (Lipinski definition) is 0. The Labute approximate surface area is 145 Å². The highest BCUT2D eigenvalue weighted by Gasteiger charge is 2.07. The molecule has 0 radical (unpaired) electrons. The van der Waals surface area contributed by atoms with Gasteiger partial charge in [0.15, 0.2) is 6.29 Å². The Balaban J connectivity index is 1.86. The molecule has 0 spiro atoms. The molecule has 1 heterocycles. The zero-order chi connectivity index (χ0) is 17.6. The number of carbonyl (C=O) groups is 1. The third kappa shape index (κ3) is 3.77. The molecule has 5 nitrogen and oxygen atoms in total. The molecule has 0 atom stereocenters. The number of aromatic nitrogens is 1. The molecule has 25 heavy (non-hydrogen) atoms. The van der Waals surface area contributed by atoms with E-state index >= 15 is 0 Å². The summed E-state index contributed by atoms with van der Waals surface area (Å²) >= 11 is 0. The molecule has 3 aromatic rings. The smallest absolute Gasteiger partial charge is 0.255 e. The van der Waals surface area contributed by atoms with Crippen LogP contribution in [0.4, 0.5) is 0 Å². The number of pyridine rings is 1. The summed E-state index contributed by atoms with van der Waals surface area (Å²) in [5.41, 5.74) is 1.87. The first-order valence-electron chi connectivity index (χ1n) is 7.74. The summed E-state index contributed by atoms with van der Waals surface area (Å²) in [6.45, 7) is 0.304. The third-order valence-electron chi connectivity index (χ3n) is 3.78. The largest absolute Gasteiger partial charge is 0.497 e. The Kier molecular flexibility index (Phi) is 4.95. The standard InChI is InChI=1S/C20H17NO4/c1-24-18-9-5-15(6-10-18)14-25-19-12-17(8-7-16(19)13-22)21-11-3-2-4-20(21)23/h2-13H,14H2,1H3. The average molecular weight is 335 g/mol. The zero-order valence-electron chi connectivity index (χ0n) is 13.7. The highest BCUT2D eigenvalue weighted by molar-refractivity contribution is 5.80. The van der Waals surface area contributed by atoms with Gasteiger partial charge in [0.2, 0.25) is 0 Å². The van der Waals surface area contributed by atoms with Crippen LogP contribution in [0.1, 0.15) is 15.9 Å². The number of rotatable bonds is 6. The fourth-order valence-corrected chi connectivity index (χ4v) is 2.42. The topological polar surface area (TPSA) is 57.5 Å². The molecule has 0 fully saturated rings. The molecule has 0 aliphatic carbocycles. The predicted octanol–water partition coefficient (Wildman–Crippen LogP) is 3.24. The van der Waals surface area contributed by atoms with E-state index in [9.17, 15) is 9.59 Å². The number of aldehydes is 1. The number of hydrogen-bond acceptors (Lipinski definition) is 4. The molecule has 0 aliphatic heterocycles. The van der Waals surface area contributed by atoms with Crippen molar-refractivity contribution in [3.63, 3.8) is 0 Å². The van der Waals surface area contributed by atoms with Crippen LogP contribution in [0.2, 0.25) is 0 Å². The Morgan fingerprint density at radius 1 is 1.04 bits per heavy atom. The fraction of sp³-hybridized carbons (Fsp3) is 0.100. The first-order valence-corrected chi connectivity index (χ1v) is 7.74. The zero-order valence-corrected chi connectivity index (χ0v) is 13.7. The van der Waals surface area contributed by atoms with Crippen molar-refractivity contribution in [1.82, 2.24) is 4.57 Å². The van der Waals surface area contributed by atoms with E-state index in [4.69, 9.17) is 9.47 Å². The summed E-state index contributed by atoms with van der Waals surface area (Å²) in [5.74, 6) is 1.20. The van der Waals surface area contributed by atoms with Crippen molar-refractivity contribution in [2.24, 2.45) is 0 Å². The van der Waals surface area contributed by atoms with Crippen LogP contribution in [0.15, 0.2) is 71.7 Å². The highest BCUT2D eigenvalue weighted by Crippen LogP contribution is 2.22. The minimum Gasteiger partial charge on any atom is -0.497 e. The number of nitrogens with zero attached hydrogens (tertiary/aromatic N) is 1. The lowest BCUT2D eigenvalue weighted by molar-refractivity contribution is 0.111. The molecule has 0 saturated carbocycles. The van der Waals surface area contributed by atoms with Crippen molar-refractivity contribution < 1.29 is 14.3 Å². The van der Waals surface area contributed by atoms with Gasteiger partial charge in [-0.25, -0.2) is 0 Å². The minimum absolute atomic E-state index is 0.151. The van der Waals surface area contributed by atoms with Crippen molar-refractivity contribution in [2.75, 3.05) is 7.11 Å². The summed E-state index contributed by atoms with van der Waals surface area (Å²) in [6.07, 6.45) is 2.41. The maximum atomic E-state index is 12.0. The molecule has 0 unspecified atom stereocenters. The van der Waals surface area contributed by atoms with Crippen LogP contribution in [0.3, 0.4) is 0 Å². The molecule has 3 rings (SSSR count). The summed E-state index contributed by atoms with van der Waals surface area (Å²) < 4.78 is 12.4. The van der Waals surface area contributed by atoms with E-state index in [1.807, 2.05) is 24.3 Å². The van der Waals surface area contributed by atoms with Gasteiger partial charge in [-0.15, -0.1) is 0 Å². The van der Waals surface area contributed by atoms with E-state index in [-0.39, 0.29) is 5.56 Å². The van der Waals surface area contributed by atoms with Crippen LogP contribution in [0.25, 0.3) is 5.69 Å². The van der Waals surface area contributed by atoms with Crippen LogP contribution in [0.5, 0.6) is 11.5 Å². The van der Waals surface area contributed by atoms with Gasteiger partial charge < -0.3 is 9.47 Å². The van der Waals surface area contributed by atoms with E-state index < -0.39 is 0 Å². The molecular formula is C20H17NO4. The Morgan fingerprint density at radius 3 is 2.52 bits per heavy atom. The minimum atomic E-state index is -0.151. The van der Waals surface area contributed by atoms with Gasteiger partial charge in [0, 0.05) is 18.3 Å². The molecule has 0 saturated heterocycles. The number of ether oxygens (including phenoxy) is 2. The third-order valence-corrected chi connectivity index (χ3v) is 3.78. The van der Waals surface area contributed by atoms with Gasteiger partial charge in [-0.2, -0.15) is 0 Å². The van der Waals surface area contributed by atoms with Crippen molar-refractivity contribution in [1.29, 1.82) is 0 Å². The number of benzene rings is 2. The summed E-state index contributed by atoms with van der Waals surface area (Å²) in [6, 6.07) is 17.5. The van der Waals surface area contributed by atoms with Crippen LogP contribution in [-0.2, 0) is 6.61 Å². The number of methoxy groups -OCH3 is 1. The Hall–Kier alpha value is -3.34.